The maximum atomic E-state index is 12.7. The molecule has 0 N–H and O–H groups in total. The number of sulfone groups is 1. The highest BCUT2D eigenvalue weighted by Crippen LogP contribution is 2.25. The second-order valence-corrected chi connectivity index (χ2v) is 7.63. The van der Waals surface area contributed by atoms with Gasteiger partial charge in [-0.05, 0) is 44.0 Å². The van der Waals surface area contributed by atoms with Crippen LogP contribution >= 0.6 is 11.6 Å². The maximum absolute atomic E-state index is 12.7. The van der Waals surface area contributed by atoms with Crippen molar-refractivity contribution < 1.29 is 8.42 Å². The molecule has 0 unspecified atom stereocenters. The van der Waals surface area contributed by atoms with Gasteiger partial charge in [-0.1, -0.05) is 11.6 Å². The third-order valence-electron chi connectivity index (χ3n) is 3.72. The van der Waals surface area contributed by atoms with Crippen LogP contribution in [0.4, 0.5) is 5.95 Å². The van der Waals surface area contributed by atoms with Crippen molar-refractivity contribution in [2.75, 3.05) is 18.0 Å². The van der Waals surface area contributed by atoms with Gasteiger partial charge >= 0.3 is 0 Å². The molecule has 0 amide bonds. The molecule has 0 spiro atoms. The molecule has 5 nitrogen and oxygen atoms in total. The summed E-state index contributed by atoms with van der Waals surface area (Å²) in [4.78, 5) is 11.0. The Labute approximate surface area is 134 Å². The molecule has 1 aliphatic rings. The largest absolute Gasteiger partial charge is 0.341 e. The van der Waals surface area contributed by atoms with Gasteiger partial charge in [0.1, 0.15) is 4.90 Å². The van der Waals surface area contributed by atoms with E-state index in [2.05, 4.69) is 14.9 Å². The lowest BCUT2D eigenvalue weighted by Crippen LogP contribution is -2.21. The molecule has 116 valence electrons. The van der Waals surface area contributed by atoms with Crippen LogP contribution in [0.3, 0.4) is 0 Å². The predicted molar refractivity (Wildman–Crippen MR) is 85.1 cm³/mol. The molecule has 0 bridgehead atoms. The lowest BCUT2D eigenvalue weighted by Gasteiger charge is -2.16. The number of aryl methyl sites for hydroxylation is 1. The number of hydrogen-bond donors (Lipinski definition) is 0. The fourth-order valence-corrected chi connectivity index (χ4v) is 4.02. The fourth-order valence-electron chi connectivity index (χ4n) is 2.52. The van der Waals surface area contributed by atoms with E-state index in [-0.39, 0.29) is 9.79 Å². The monoisotopic (exact) mass is 337 g/mol. The molecule has 1 fully saturated rings. The number of anilines is 1. The summed E-state index contributed by atoms with van der Waals surface area (Å²) in [7, 11) is -3.63. The highest BCUT2D eigenvalue weighted by atomic mass is 35.5. The van der Waals surface area contributed by atoms with E-state index in [1.807, 2.05) is 0 Å². The summed E-state index contributed by atoms with van der Waals surface area (Å²) in [6.45, 7) is 3.54. The van der Waals surface area contributed by atoms with Crippen LogP contribution in [0.2, 0.25) is 5.02 Å². The summed E-state index contributed by atoms with van der Waals surface area (Å²) in [6.07, 6.45) is 3.64. The normalized spacial score (nSPS) is 15.3. The Hall–Kier alpha value is -1.66. The molecule has 2 aromatic rings. The van der Waals surface area contributed by atoms with Crippen molar-refractivity contribution in [2.24, 2.45) is 0 Å². The number of rotatable bonds is 3. The first-order valence-corrected chi connectivity index (χ1v) is 8.94. The molecule has 7 heteroatoms. The molecule has 0 aliphatic carbocycles. The molecule has 22 heavy (non-hydrogen) atoms. The standard InChI is InChI=1S/C15H16ClN3O2S/c1-11-14(10-17-15(18-11)19-8-2-3-9-19)22(20,21)13-6-4-12(16)5-7-13/h4-7,10H,2-3,8-9H2,1H3. The quantitative estimate of drug-likeness (QED) is 0.861. The first-order valence-electron chi connectivity index (χ1n) is 7.08. The highest BCUT2D eigenvalue weighted by molar-refractivity contribution is 7.91. The third kappa shape index (κ3) is 2.80. The summed E-state index contributed by atoms with van der Waals surface area (Å²) < 4.78 is 25.3. The highest BCUT2D eigenvalue weighted by Gasteiger charge is 2.23. The van der Waals surface area contributed by atoms with Crippen LogP contribution in [0.25, 0.3) is 0 Å². The summed E-state index contributed by atoms with van der Waals surface area (Å²) in [5, 5.41) is 0.497. The fraction of sp³-hybridized carbons (Fsp3) is 0.333. The van der Waals surface area contributed by atoms with Gasteiger partial charge in [0.05, 0.1) is 16.8 Å². The summed E-state index contributed by atoms with van der Waals surface area (Å²) in [5.41, 5.74) is 0.465. The lowest BCUT2D eigenvalue weighted by atomic mass is 10.4. The Morgan fingerprint density at radius 1 is 1.14 bits per heavy atom. The Kier molecular flexibility index (Phi) is 4.06. The van der Waals surface area contributed by atoms with Crippen LogP contribution in [-0.4, -0.2) is 31.5 Å². The Bertz CT molecular complexity index is 785. The Balaban J connectivity index is 1.98. The van der Waals surface area contributed by atoms with E-state index >= 15 is 0 Å². The SMILES string of the molecule is Cc1nc(N2CCCC2)ncc1S(=O)(=O)c1ccc(Cl)cc1. The van der Waals surface area contributed by atoms with Crippen molar-refractivity contribution in [3.8, 4) is 0 Å². The van der Waals surface area contributed by atoms with Gasteiger partial charge < -0.3 is 4.90 Å². The number of halogens is 1. The Morgan fingerprint density at radius 3 is 2.36 bits per heavy atom. The van der Waals surface area contributed by atoms with E-state index < -0.39 is 9.84 Å². The van der Waals surface area contributed by atoms with E-state index in [0.29, 0.717) is 16.7 Å². The van der Waals surface area contributed by atoms with E-state index in [4.69, 9.17) is 11.6 Å². The van der Waals surface area contributed by atoms with Crippen molar-refractivity contribution in [3.05, 3.63) is 41.2 Å². The average Bonchev–Trinajstić information content (AvgIpc) is 3.01. The van der Waals surface area contributed by atoms with Crippen LogP contribution < -0.4 is 4.90 Å². The topological polar surface area (TPSA) is 63.2 Å². The number of benzene rings is 1. The van der Waals surface area contributed by atoms with E-state index in [0.717, 1.165) is 25.9 Å². The first kappa shape index (κ1) is 15.2. The molecule has 1 aliphatic heterocycles. The minimum absolute atomic E-state index is 0.137. The van der Waals surface area contributed by atoms with Gasteiger partial charge in [0.2, 0.25) is 15.8 Å². The van der Waals surface area contributed by atoms with Gasteiger partial charge in [0.15, 0.2) is 0 Å². The van der Waals surface area contributed by atoms with Crippen LogP contribution in [0, 0.1) is 6.92 Å². The van der Waals surface area contributed by atoms with E-state index in [1.165, 1.54) is 18.3 Å². The molecular formula is C15H16ClN3O2S. The van der Waals surface area contributed by atoms with Gasteiger partial charge in [-0.2, -0.15) is 0 Å². The summed E-state index contributed by atoms with van der Waals surface area (Å²) in [6, 6.07) is 6.10. The first-order chi connectivity index (χ1) is 10.5. The van der Waals surface area contributed by atoms with Crippen LogP contribution in [0.15, 0.2) is 40.3 Å². The van der Waals surface area contributed by atoms with Crippen molar-refractivity contribution in [1.29, 1.82) is 0 Å². The molecule has 1 saturated heterocycles. The minimum atomic E-state index is -3.63. The second kappa shape index (κ2) is 5.85. The van der Waals surface area contributed by atoms with Crippen LogP contribution in [0.5, 0.6) is 0 Å². The zero-order valence-electron chi connectivity index (χ0n) is 12.2. The average molecular weight is 338 g/mol. The maximum Gasteiger partial charge on any atom is 0.225 e. The molecular weight excluding hydrogens is 322 g/mol. The van der Waals surface area contributed by atoms with Crippen LogP contribution in [0.1, 0.15) is 18.5 Å². The molecule has 3 rings (SSSR count). The smallest absolute Gasteiger partial charge is 0.225 e. The molecule has 1 aromatic heterocycles. The van der Waals surface area contributed by atoms with Crippen molar-refractivity contribution in [1.82, 2.24) is 9.97 Å². The van der Waals surface area contributed by atoms with Gasteiger partial charge in [-0.25, -0.2) is 18.4 Å². The van der Waals surface area contributed by atoms with Crippen molar-refractivity contribution >= 4 is 27.4 Å². The molecule has 0 saturated carbocycles. The number of hydrogen-bond acceptors (Lipinski definition) is 5. The van der Waals surface area contributed by atoms with E-state index in [9.17, 15) is 8.42 Å². The van der Waals surface area contributed by atoms with Crippen molar-refractivity contribution in [3.63, 3.8) is 0 Å². The van der Waals surface area contributed by atoms with Gasteiger partial charge in [-0.15, -0.1) is 0 Å². The lowest BCUT2D eigenvalue weighted by molar-refractivity contribution is 0.594. The van der Waals surface area contributed by atoms with Crippen LogP contribution in [-0.2, 0) is 9.84 Å². The zero-order chi connectivity index (χ0) is 15.7. The second-order valence-electron chi connectivity index (χ2n) is 5.27. The Morgan fingerprint density at radius 2 is 1.77 bits per heavy atom. The van der Waals surface area contributed by atoms with Gasteiger partial charge in [0, 0.05) is 18.1 Å². The zero-order valence-corrected chi connectivity index (χ0v) is 13.7. The van der Waals surface area contributed by atoms with Gasteiger partial charge in [0.25, 0.3) is 0 Å². The number of aromatic nitrogens is 2. The molecule has 1 aromatic carbocycles. The molecule has 2 heterocycles. The number of nitrogens with zero attached hydrogens (tertiary/aromatic N) is 3. The third-order valence-corrected chi connectivity index (χ3v) is 5.85. The minimum Gasteiger partial charge on any atom is -0.341 e. The predicted octanol–water partition coefficient (Wildman–Crippen LogP) is 2.87. The summed E-state index contributed by atoms with van der Waals surface area (Å²) >= 11 is 5.81. The summed E-state index contributed by atoms with van der Waals surface area (Å²) in [5.74, 6) is 0.602. The van der Waals surface area contributed by atoms with E-state index in [1.54, 1.807) is 19.1 Å². The van der Waals surface area contributed by atoms with Crippen molar-refractivity contribution in [2.45, 2.75) is 29.6 Å². The van der Waals surface area contributed by atoms with Gasteiger partial charge in [-0.3, -0.25) is 0 Å². The molecule has 0 radical (unpaired) electrons. The molecule has 0 atom stereocenters.